The first-order chi connectivity index (χ1) is 5.90. The van der Waals surface area contributed by atoms with Crippen LogP contribution in [0.15, 0.2) is 30.5 Å². The van der Waals surface area contributed by atoms with Gasteiger partial charge in [0, 0.05) is 11.6 Å². The molecule has 0 aliphatic heterocycles. The van der Waals surface area contributed by atoms with E-state index in [2.05, 4.69) is 11.1 Å². The zero-order chi connectivity index (χ0) is 8.39. The summed E-state index contributed by atoms with van der Waals surface area (Å²) in [5, 5.41) is 9.55. The molecule has 2 heteroatoms. The summed E-state index contributed by atoms with van der Waals surface area (Å²) in [5.74, 6) is 0. The van der Waals surface area contributed by atoms with Gasteiger partial charge in [-0.25, -0.2) is 0 Å². The summed E-state index contributed by atoms with van der Waals surface area (Å²) in [6.07, 6.45) is 1.57. The third kappa shape index (κ3) is 1.02. The Balaban J connectivity index is 2.78. The number of nitriles is 1. The first kappa shape index (κ1) is 6.81. The lowest BCUT2D eigenvalue weighted by Gasteiger charge is -1.94. The van der Waals surface area contributed by atoms with Crippen LogP contribution in [0.3, 0.4) is 0 Å². The zero-order valence-electron chi connectivity index (χ0n) is 6.28. The molecule has 1 radical (unpaired) electrons. The summed E-state index contributed by atoms with van der Waals surface area (Å²) in [7, 11) is 0. The number of pyridine rings is 1. The molecular formula is C10H5N2. The van der Waals surface area contributed by atoms with Crippen molar-refractivity contribution < 1.29 is 0 Å². The van der Waals surface area contributed by atoms with Crippen molar-refractivity contribution in [1.82, 2.24) is 4.98 Å². The maximum Gasteiger partial charge on any atom is 0.101 e. The maximum absolute atomic E-state index is 8.60. The van der Waals surface area contributed by atoms with Crippen LogP contribution in [0, 0.1) is 17.4 Å². The molecular weight excluding hydrogens is 148 g/mol. The van der Waals surface area contributed by atoms with Crippen molar-refractivity contribution in [3.8, 4) is 6.07 Å². The molecule has 1 heterocycles. The molecule has 1 aromatic carbocycles. The van der Waals surface area contributed by atoms with E-state index < -0.39 is 0 Å². The molecule has 0 N–H and O–H groups in total. The molecule has 1 aromatic heterocycles. The van der Waals surface area contributed by atoms with Crippen LogP contribution in [-0.4, -0.2) is 4.98 Å². The molecule has 2 rings (SSSR count). The fraction of sp³-hybridized carbons (Fsp3) is 0. The molecule has 2 nitrogen and oxygen atoms in total. The van der Waals surface area contributed by atoms with Crippen molar-refractivity contribution in [1.29, 1.82) is 5.26 Å². The van der Waals surface area contributed by atoms with Crippen LogP contribution in [0.25, 0.3) is 10.9 Å². The minimum atomic E-state index is 0.585. The third-order valence-electron chi connectivity index (χ3n) is 1.65. The van der Waals surface area contributed by atoms with Crippen molar-refractivity contribution in [2.75, 3.05) is 0 Å². The predicted octanol–water partition coefficient (Wildman–Crippen LogP) is 1.91. The second kappa shape index (κ2) is 2.63. The first-order valence-electron chi connectivity index (χ1n) is 3.56. The highest BCUT2D eigenvalue weighted by atomic mass is 14.6. The summed E-state index contributed by atoms with van der Waals surface area (Å²) in [6.45, 7) is 0. The van der Waals surface area contributed by atoms with Crippen molar-refractivity contribution in [2.24, 2.45) is 0 Å². The topological polar surface area (TPSA) is 36.7 Å². The van der Waals surface area contributed by atoms with Gasteiger partial charge in [-0.15, -0.1) is 0 Å². The number of nitrogens with zero attached hydrogens (tertiary/aromatic N) is 2. The number of fused-ring (bicyclic) bond motifs is 1. The van der Waals surface area contributed by atoms with Gasteiger partial charge in [-0.2, -0.15) is 5.26 Å². The van der Waals surface area contributed by atoms with Crippen molar-refractivity contribution >= 4 is 10.9 Å². The van der Waals surface area contributed by atoms with Crippen LogP contribution < -0.4 is 0 Å². The van der Waals surface area contributed by atoms with E-state index in [0.29, 0.717) is 5.56 Å². The lowest BCUT2D eigenvalue weighted by molar-refractivity contribution is 1.37. The van der Waals surface area contributed by atoms with E-state index in [4.69, 9.17) is 5.26 Å². The fourth-order valence-electron chi connectivity index (χ4n) is 1.07. The Labute approximate surface area is 70.1 Å². The number of hydrogen-bond donors (Lipinski definition) is 0. The molecule has 55 valence electrons. The second-order valence-corrected chi connectivity index (χ2v) is 2.45. The summed E-state index contributed by atoms with van der Waals surface area (Å²) in [4.78, 5) is 4.11. The van der Waals surface area contributed by atoms with Crippen LogP contribution >= 0.6 is 0 Å². The third-order valence-corrected chi connectivity index (χ3v) is 1.65. The predicted molar refractivity (Wildman–Crippen MR) is 45.3 cm³/mol. The summed E-state index contributed by atoms with van der Waals surface area (Å²) in [5.41, 5.74) is 1.48. The molecule has 12 heavy (non-hydrogen) atoms. The highest BCUT2D eigenvalue weighted by molar-refractivity contribution is 5.79. The molecule has 0 spiro atoms. The Hall–Kier alpha value is -1.88. The summed E-state index contributed by atoms with van der Waals surface area (Å²) >= 11 is 0. The number of aromatic nitrogens is 1. The summed E-state index contributed by atoms with van der Waals surface area (Å²) < 4.78 is 0. The minimum absolute atomic E-state index is 0.585. The fourth-order valence-corrected chi connectivity index (χ4v) is 1.07. The van der Waals surface area contributed by atoms with E-state index in [1.54, 1.807) is 18.3 Å². The molecule has 0 fully saturated rings. The minimum Gasteiger partial charge on any atom is -0.255 e. The molecule has 0 saturated carbocycles. The molecule has 2 aromatic rings. The van der Waals surface area contributed by atoms with Gasteiger partial charge in [0.1, 0.15) is 6.07 Å². The van der Waals surface area contributed by atoms with Crippen LogP contribution in [0.2, 0.25) is 0 Å². The average molecular weight is 153 g/mol. The zero-order valence-corrected chi connectivity index (χ0v) is 6.28. The van der Waals surface area contributed by atoms with Gasteiger partial charge in [-0.3, -0.25) is 4.98 Å². The largest absolute Gasteiger partial charge is 0.255 e. The Morgan fingerprint density at radius 2 is 2.42 bits per heavy atom. The normalized spacial score (nSPS) is 9.58. The van der Waals surface area contributed by atoms with Gasteiger partial charge in [0.25, 0.3) is 0 Å². The van der Waals surface area contributed by atoms with Gasteiger partial charge < -0.3 is 0 Å². The van der Waals surface area contributed by atoms with E-state index in [0.717, 1.165) is 10.9 Å². The SMILES string of the molecule is N#Cc1cnc2cc[c]cc2c1. The molecule has 0 amide bonds. The lowest BCUT2D eigenvalue weighted by Crippen LogP contribution is -1.80. The van der Waals surface area contributed by atoms with Gasteiger partial charge in [-0.05, 0) is 24.3 Å². The van der Waals surface area contributed by atoms with Crippen LogP contribution in [0.1, 0.15) is 5.56 Å². The van der Waals surface area contributed by atoms with Crippen molar-refractivity contribution in [2.45, 2.75) is 0 Å². The highest BCUT2D eigenvalue weighted by Crippen LogP contribution is 2.11. The number of hydrogen-bond acceptors (Lipinski definition) is 2. The monoisotopic (exact) mass is 153 g/mol. The van der Waals surface area contributed by atoms with Crippen LogP contribution in [-0.2, 0) is 0 Å². The average Bonchev–Trinajstić information content (AvgIpc) is 2.17. The molecule has 0 bridgehead atoms. The lowest BCUT2D eigenvalue weighted by atomic mass is 10.2. The Morgan fingerprint density at radius 1 is 1.50 bits per heavy atom. The molecule has 0 aliphatic rings. The number of benzene rings is 1. The van der Waals surface area contributed by atoms with Gasteiger partial charge in [0.15, 0.2) is 0 Å². The highest BCUT2D eigenvalue weighted by Gasteiger charge is 1.94. The van der Waals surface area contributed by atoms with Crippen LogP contribution in [0.4, 0.5) is 0 Å². The molecule has 0 saturated heterocycles. The van der Waals surface area contributed by atoms with E-state index in [-0.39, 0.29) is 0 Å². The van der Waals surface area contributed by atoms with Crippen molar-refractivity contribution in [3.05, 3.63) is 42.1 Å². The molecule has 0 unspecified atom stereocenters. The van der Waals surface area contributed by atoms with Gasteiger partial charge in [0.05, 0.1) is 11.1 Å². The maximum atomic E-state index is 8.60. The van der Waals surface area contributed by atoms with Gasteiger partial charge in [-0.1, -0.05) is 6.07 Å². The van der Waals surface area contributed by atoms with Crippen LogP contribution in [0.5, 0.6) is 0 Å². The second-order valence-electron chi connectivity index (χ2n) is 2.45. The smallest absolute Gasteiger partial charge is 0.101 e. The quantitative estimate of drug-likeness (QED) is 0.579. The Kier molecular flexibility index (Phi) is 1.49. The van der Waals surface area contributed by atoms with Crippen molar-refractivity contribution in [3.63, 3.8) is 0 Å². The Morgan fingerprint density at radius 3 is 3.25 bits per heavy atom. The molecule has 0 atom stereocenters. The van der Waals surface area contributed by atoms with Gasteiger partial charge >= 0.3 is 0 Å². The van der Waals surface area contributed by atoms with E-state index in [9.17, 15) is 0 Å². The van der Waals surface area contributed by atoms with E-state index in [1.165, 1.54) is 0 Å². The molecule has 0 aliphatic carbocycles. The number of rotatable bonds is 0. The first-order valence-corrected chi connectivity index (χ1v) is 3.56. The standard InChI is InChI=1S/C10H5N2/c11-6-8-5-9-3-1-2-4-10(9)12-7-8/h2-5,7H. The Bertz CT molecular complexity index is 455. The van der Waals surface area contributed by atoms with Gasteiger partial charge in [0.2, 0.25) is 0 Å². The van der Waals surface area contributed by atoms with E-state index >= 15 is 0 Å². The summed E-state index contributed by atoms with van der Waals surface area (Å²) in [6, 6.07) is 12.3. The van der Waals surface area contributed by atoms with E-state index in [1.807, 2.05) is 18.2 Å².